The van der Waals surface area contributed by atoms with Crippen molar-refractivity contribution in [2.75, 3.05) is 0 Å². The van der Waals surface area contributed by atoms with E-state index in [0.717, 1.165) is 12.8 Å². The third-order valence-corrected chi connectivity index (χ3v) is 2.41. The molecule has 2 nitrogen and oxygen atoms in total. The summed E-state index contributed by atoms with van der Waals surface area (Å²) < 4.78 is 0. The van der Waals surface area contributed by atoms with Crippen LogP contribution in [0, 0.1) is 5.92 Å². The fraction of sp³-hybridized carbons (Fsp3) is 1.00. The molecule has 2 heteroatoms. The molecule has 9 heavy (non-hydrogen) atoms. The molecule has 0 heterocycles. The second kappa shape index (κ2) is 1.96. The van der Waals surface area contributed by atoms with E-state index in [1.807, 2.05) is 13.8 Å². The van der Waals surface area contributed by atoms with Crippen LogP contribution in [0.25, 0.3) is 0 Å². The van der Waals surface area contributed by atoms with Gasteiger partial charge in [-0.05, 0) is 18.8 Å². The molecule has 1 fully saturated rings. The van der Waals surface area contributed by atoms with E-state index < -0.39 is 5.60 Å². The van der Waals surface area contributed by atoms with Crippen molar-refractivity contribution >= 4 is 0 Å². The molecule has 0 bridgehead atoms. The van der Waals surface area contributed by atoms with Crippen molar-refractivity contribution in [1.29, 1.82) is 0 Å². The topological polar surface area (TPSA) is 46.2 Å². The predicted octanol–water partition coefficient (Wildman–Crippen LogP) is 0.495. The van der Waals surface area contributed by atoms with Crippen LogP contribution >= 0.6 is 0 Å². The molecule has 0 spiro atoms. The molecule has 0 aliphatic heterocycles. The minimum atomic E-state index is -0.505. The van der Waals surface area contributed by atoms with Crippen molar-refractivity contribution in [3.05, 3.63) is 0 Å². The van der Waals surface area contributed by atoms with Gasteiger partial charge in [0.05, 0.1) is 5.60 Å². The van der Waals surface area contributed by atoms with E-state index >= 15 is 0 Å². The molecule has 0 aromatic heterocycles. The van der Waals surface area contributed by atoms with Gasteiger partial charge in [0.15, 0.2) is 0 Å². The van der Waals surface area contributed by atoms with E-state index in [0.29, 0.717) is 5.92 Å². The van der Waals surface area contributed by atoms with Gasteiger partial charge in [-0.15, -0.1) is 0 Å². The third-order valence-electron chi connectivity index (χ3n) is 2.41. The highest BCUT2D eigenvalue weighted by Gasteiger charge is 2.53. The maximum atomic E-state index is 9.54. The molecule has 54 valence electrons. The second-order valence-corrected chi connectivity index (χ2v) is 3.11. The van der Waals surface area contributed by atoms with E-state index in [2.05, 4.69) is 0 Å². The molecular weight excluding hydrogens is 114 g/mol. The summed E-state index contributed by atoms with van der Waals surface area (Å²) in [6, 6.07) is -0.00694. The van der Waals surface area contributed by atoms with Gasteiger partial charge in [-0.25, -0.2) is 0 Å². The van der Waals surface area contributed by atoms with Crippen molar-refractivity contribution in [1.82, 2.24) is 0 Å². The minimum Gasteiger partial charge on any atom is -0.388 e. The van der Waals surface area contributed by atoms with E-state index in [1.165, 1.54) is 0 Å². The monoisotopic (exact) mass is 129 g/mol. The fourth-order valence-corrected chi connectivity index (χ4v) is 1.30. The summed E-state index contributed by atoms with van der Waals surface area (Å²) in [5, 5.41) is 9.54. The Morgan fingerprint density at radius 1 is 1.89 bits per heavy atom. The maximum Gasteiger partial charge on any atom is 0.0827 e. The Labute approximate surface area is 56.1 Å². The maximum absolute atomic E-state index is 9.54. The van der Waals surface area contributed by atoms with Gasteiger partial charge in [0.1, 0.15) is 0 Å². The molecule has 1 rings (SSSR count). The number of hydrogen-bond donors (Lipinski definition) is 2. The predicted molar refractivity (Wildman–Crippen MR) is 37.0 cm³/mol. The lowest BCUT2D eigenvalue weighted by Gasteiger charge is -2.15. The molecule has 1 aliphatic carbocycles. The molecule has 1 saturated carbocycles. The van der Waals surface area contributed by atoms with Crippen molar-refractivity contribution < 1.29 is 5.11 Å². The first-order valence-electron chi connectivity index (χ1n) is 3.59. The van der Waals surface area contributed by atoms with Crippen molar-refractivity contribution in [2.24, 2.45) is 11.7 Å². The Morgan fingerprint density at radius 2 is 2.33 bits per heavy atom. The van der Waals surface area contributed by atoms with Gasteiger partial charge < -0.3 is 10.8 Å². The van der Waals surface area contributed by atoms with Crippen LogP contribution < -0.4 is 5.73 Å². The lowest BCUT2D eigenvalue weighted by atomic mass is 10.1. The number of aliphatic hydroxyl groups is 1. The molecule has 0 saturated heterocycles. The molecule has 0 aromatic carbocycles. The van der Waals surface area contributed by atoms with Crippen molar-refractivity contribution in [2.45, 2.75) is 38.3 Å². The standard InChI is InChI=1S/C7H15NO/c1-3-6(8)7(9)4-5(7)2/h5-6,9H,3-4,8H2,1-2H3. The first kappa shape index (κ1) is 7.03. The van der Waals surface area contributed by atoms with Crippen LogP contribution in [-0.2, 0) is 0 Å². The number of hydrogen-bond acceptors (Lipinski definition) is 2. The molecule has 0 amide bonds. The van der Waals surface area contributed by atoms with Crippen LogP contribution in [-0.4, -0.2) is 16.7 Å². The normalized spacial score (nSPS) is 44.7. The zero-order valence-electron chi connectivity index (χ0n) is 6.09. The van der Waals surface area contributed by atoms with Gasteiger partial charge in [-0.2, -0.15) is 0 Å². The second-order valence-electron chi connectivity index (χ2n) is 3.11. The molecule has 0 aromatic rings. The van der Waals surface area contributed by atoms with Gasteiger partial charge in [0.25, 0.3) is 0 Å². The third kappa shape index (κ3) is 0.970. The Bertz CT molecular complexity index is 115. The molecule has 3 atom stereocenters. The van der Waals surface area contributed by atoms with Crippen LogP contribution in [0.3, 0.4) is 0 Å². The van der Waals surface area contributed by atoms with Crippen LogP contribution in [0.15, 0.2) is 0 Å². The molecule has 3 unspecified atom stereocenters. The highest BCUT2D eigenvalue weighted by atomic mass is 16.3. The summed E-state index contributed by atoms with van der Waals surface area (Å²) in [5.74, 6) is 0.424. The van der Waals surface area contributed by atoms with Crippen molar-refractivity contribution in [3.63, 3.8) is 0 Å². The van der Waals surface area contributed by atoms with Crippen LogP contribution in [0.4, 0.5) is 0 Å². The summed E-state index contributed by atoms with van der Waals surface area (Å²) in [6.45, 7) is 4.04. The summed E-state index contributed by atoms with van der Waals surface area (Å²) in [4.78, 5) is 0. The first-order chi connectivity index (χ1) is 4.11. The van der Waals surface area contributed by atoms with Gasteiger partial charge in [0.2, 0.25) is 0 Å². The molecular formula is C7H15NO. The van der Waals surface area contributed by atoms with Crippen LogP contribution in [0.1, 0.15) is 26.7 Å². The minimum absolute atomic E-state index is 0.00694. The Balaban J connectivity index is 2.43. The van der Waals surface area contributed by atoms with E-state index in [-0.39, 0.29) is 6.04 Å². The summed E-state index contributed by atoms with van der Waals surface area (Å²) in [5.41, 5.74) is 5.15. The lowest BCUT2D eigenvalue weighted by molar-refractivity contribution is 0.102. The number of rotatable bonds is 2. The fourth-order valence-electron chi connectivity index (χ4n) is 1.30. The smallest absolute Gasteiger partial charge is 0.0827 e. The highest BCUT2D eigenvalue weighted by molar-refractivity contribution is 5.07. The van der Waals surface area contributed by atoms with Crippen LogP contribution in [0.5, 0.6) is 0 Å². The van der Waals surface area contributed by atoms with Gasteiger partial charge in [-0.3, -0.25) is 0 Å². The largest absolute Gasteiger partial charge is 0.388 e. The molecule has 0 radical (unpaired) electrons. The average molecular weight is 129 g/mol. The Hall–Kier alpha value is -0.0800. The highest BCUT2D eigenvalue weighted by Crippen LogP contribution is 2.45. The van der Waals surface area contributed by atoms with Gasteiger partial charge in [-0.1, -0.05) is 13.8 Å². The quantitative estimate of drug-likeness (QED) is 0.570. The van der Waals surface area contributed by atoms with Gasteiger partial charge in [0, 0.05) is 6.04 Å². The summed E-state index contributed by atoms with van der Waals surface area (Å²) >= 11 is 0. The molecule has 3 N–H and O–H groups in total. The zero-order chi connectivity index (χ0) is 7.07. The zero-order valence-corrected chi connectivity index (χ0v) is 6.09. The molecule has 1 aliphatic rings. The van der Waals surface area contributed by atoms with Crippen molar-refractivity contribution in [3.8, 4) is 0 Å². The summed E-state index contributed by atoms with van der Waals surface area (Å²) in [7, 11) is 0. The Morgan fingerprint density at radius 3 is 2.44 bits per heavy atom. The van der Waals surface area contributed by atoms with E-state index in [4.69, 9.17) is 5.73 Å². The van der Waals surface area contributed by atoms with E-state index in [1.54, 1.807) is 0 Å². The average Bonchev–Trinajstić information content (AvgIpc) is 2.41. The van der Waals surface area contributed by atoms with Crippen LogP contribution in [0.2, 0.25) is 0 Å². The number of nitrogens with two attached hydrogens (primary N) is 1. The lowest BCUT2D eigenvalue weighted by Crippen LogP contribution is -2.37. The SMILES string of the molecule is CCC(N)C1(O)CC1C. The van der Waals surface area contributed by atoms with E-state index in [9.17, 15) is 5.11 Å². The van der Waals surface area contributed by atoms with Gasteiger partial charge >= 0.3 is 0 Å². The summed E-state index contributed by atoms with van der Waals surface area (Å²) in [6.07, 6.45) is 1.77. The Kier molecular flexibility index (Phi) is 1.53. The first-order valence-corrected chi connectivity index (χ1v) is 3.59.